The number of hydrogen-bond acceptors (Lipinski definition) is 4. The molecule has 0 bridgehead atoms. The van der Waals surface area contributed by atoms with Crippen LogP contribution in [0, 0.1) is 0 Å². The highest BCUT2D eigenvalue weighted by Crippen LogP contribution is 2.25. The van der Waals surface area contributed by atoms with Gasteiger partial charge in [0.2, 0.25) is 0 Å². The molecule has 1 aliphatic heterocycles. The van der Waals surface area contributed by atoms with Gasteiger partial charge < -0.3 is 15.4 Å². The van der Waals surface area contributed by atoms with E-state index in [0.717, 1.165) is 51.8 Å². The molecule has 1 aliphatic carbocycles. The molecule has 0 saturated carbocycles. The first-order chi connectivity index (χ1) is 12.9. The van der Waals surface area contributed by atoms with Crippen molar-refractivity contribution in [3.05, 3.63) is 34.0 Å². The van der Waals surface area contributed by atoms with Crippen molar-refractivity contribution < 1.29 is 4.74 Å². The maximum absolute atomic E-state index is 5.52. The first-order valence-electron chi connectivity index (χ1n) is 9.84. The summed E-state index contributed by atoms with van der Waals surface area (Å²) in [4.78, 5) is 8.33. The quantitative estimate of drug-likeness (QED) is 0.257. The molecular formula is C20H33IN4OS. The normalized spacial score (nSPS) is 19.7. The van der Waals surface area contributed by atoms with Gasteiger partial charge in [-0.3, -0.25) is 9.89 Å². The Kier molecular flexibility index (Phi) is 10.7. The van der Waals surface area contributed by atoms with Gasteiger partial charge >= 0.3 is 0 Å². The van der Waals surface area contributed by atoms with Crippen molar-refractivity contribution in [3.8, 4) is 0 Å². The van der Waals surface area contributed by atoms with Gasteiger partial charge in [0, 0.05) is 38.1 Å². The molecule has 5 nitrogen and oxygen atoms in total. The molecule has 1 fully saturated rings. The fraction of sp³-hybridized carbons (Fsp3) is 0.650. The maximum Gasteiger partial charge on any atom is 0.191 e. The summed E-state index contributed by atoms with van der Waals surface area (Å²) < 4.78 is 5.52. The largest absolute Gasteiger partial charge is 0.379 e. The van der Waals surface area contributed by atoms with Gasteiger partial charge in [-0.25, -0.2) is 0 Å². The van der Waals surface area contributed by atoms with E-state index in [9.17, 15) is 0 Å². The molecule has 1 saturated heterocycles. The number of nitrogens with zero attached hydrogens (tertiary/aromatic N) is 2. The molecule has 2 N–H and O–H groups in total. The highest BCUT2D eigenvalue weighted by atomic mass is 127. The molecule has 7 heteroatoms. The number of nitrogens with one attached hydrogen (secondary N) is 2. The van der Waals surface area contributed by atoms with E-state index in [0.29, 0.717) is 6.04 Å². The Hall–Kier alpha value is -0.640. The molecule has 0 radical (unpaired) electrons. The Bertz CT molecular complexity index is 585. The molecule has 2 aliphatic rings. The summed E-state index contributed by atoms with van der Waals surface area (Å²) in [6, 6.07) is 4.75. The van der Waals surface area contributed by atoms with Gasteiger partial charge in [0.1, 0.15) is 0 Å². The molecule has 1 unspecified atom stereocenters. The molecule has 1 aromatic heterocycles. The molecule has 1 aromatic rings. The first kappa shape index (κ1) is 22.6. The number of halogens is 1. The van der Waals surface area contributed by atoms with Crippen molar-refractivity contribution in [1.29, 1.82) is 0 Å². The maximum atomic E-state index is 5.52. The van der Waals surface area contributed by atoms with Crippen molar-refractivity contribution in [2.75, 3.05) is 46.4 Å². The molecular weight excluding hydrogens is 471 g/mol. The Balaban J connectivity index is 0.00000261. The lowest BCUT2D eigenvalue weighted by molar-refractivity contribution is 0.0177. The lowest BCUT2D eigenvalue weighted by atomic mass is 9.97. The molecule has 0 spiro atoms. The highest BCUT2D eigenvalue weighted by Gasteiger charge is 2.23. The summed E-state index contributed by atoms with van der Waals surface area (Å²) in [5, 5.41) is 9.18. The van der Waals surface area contributed by atoms with Crippen molar-refractivity contribution in [3.63, 3.8) is 0 Å². The molecule has 3 rings (SSSR count). The van der Waals surface area contributed by atoms with Gasteiger partial charge in [-0.2, -0.15) is 0 Å². The van der Waals surface area contributed by atoms with E-state index in [4.69, 9.17) is 4.74 Å². The van der Waals surface area contributed by atoms with Gasteiger partial charge in [0.05, 0.1) is 19.3 Å². The molecule has 27 heavy (non-hydrogen) atoms. The molecule has 0 aromatic carbocycles. The van der Waals surface area contributed by atoms with Gasteiger partial charge in [-0.1, -0.05) is 17.7 Å². The minimum atomic E-state index is 0. The minimum absolute atomic E-state index is 0. The average Bonchev–Trinajstić information content (AvgIpc) is 3.23. The average molecular weight is 504 g/mol. The van der Waals surface area contributed by atoms with Crippen LogP contribution in [0.25, 0.3) is 0 Å². The van der Waals surface area contributed by atoms with Crippen LogP contribution < -0.4 is 10.6 Å². The number of thiophene rings is 1. The Morgan fingerprint density at radius 2 is 2.15 bits per heavy atom. The number of aliphatic imine (C=N–C) groups is 1. The van der Waals surface area contributed by atoms with E-state index >= 15 is 0 Å². The van der Waals surface area contributed by atoms with Crippen LogP contribution in [-0.2, 0) is 4.74 Å². The Labute approximate surface area is 184 Å². The van der Waals surface area contributed by atoms with Crippen LogP contribution in [0.4, 0.5) is 0 Å². The Morgan fingerprint density at radius 3 is 2.81 bits per heavy atom. The van der Waals surface area contributed by atoms with Gasteiger partial charge in [0.15, 0.2) is 5.96 Å². The van der Waals surface area contributed by atoms with Crippen molar-refractivity contribution in [1.82, 2.24) is 15.5 Å². The number of allylic oxidation sites excluding steroid dienone is 1. The second-order valence-corrected chi connectivity index (χ2v) is 7.90. The topological polar surface area (TPSA) is 48.9 Å². The van der Waals surface area contributed by atoms with Gasteiger partial charge in [-0.05, 0) is 43.6 Å². The van der Waals surface area contributed by atoms with Gasteiger partial charge in [0.25, 0.3) is 0 Å². The summed E-state index contributed by atoms with van der Waals surface area (Å²) >= 11 is 1.83. The monoisotopic (exact) mass is 504 g/mol. The smallest absolute Gasteiger partial charge is 0.191 e. The van der Waals surface area contributed by atoms with Crippen molar-refractivity contribution in [2.24, 2.45) is 4.99 Å². The number of ether oxygens (including phenoxy) is 1. The predicted octanol–water partition coefficient (Wildman–Crippen LogP) is 3.79. The zero-order chi connectivity index (χ0) is 18.0. The van der Waals surface area contributed by atoms with E-state index in [1.54, 1.807) is 5.57 Å². The second kappa shape index (κ2) is 12.7. The van der Waals surface area contributed by atoms with Crippen molar-refractivity contribution >= 4 is 41.3 Å². The standard InChI is InChI=1S/C20H32N4OS.HI/c1-21-20(22-10-9-17-6-3-2-4-7-17)23-16-18(19-8-5-15-26-19)24-11-13-25-14-12-24;/h5-6,8,15,18H,2-4,7,9-14,16H2,1H3,(H2,21,22,23);1H. The molecule has 152 valence electrons. The lowest BCUT2D eigenvalue weighted by Gasteiger charge is -2.34. The van der Waals surface area contributed by atoms with Gasteiger partial charge in [-0.15, -0.1) is 35.3 Å². The van der Waals surface area contributed by atoms with Crippen LogP contribution >= 0.6 is 35.3 Å². The fourth-order valence-electron chi connectivity index (χ4n) is 3.67. The summed E-state index contributed by atoms with van der Waals surface area (Å²) in [6.07, 6.45) is 8.77. The third-order valence-electron chi connectivity index (χ3n) is 5.17. The zero-order valence-corrected chi connectivity index (χ0v) is 19.4. The summed E-state index contributed by atoms with van der Waals surface area (Å²) in [7, 11) is 1.85. The van der Waals surface area contributed by atoms with E-state index in [2.05, 4.69) is 44.1 Å². The van der Waals surface area contributed by atoms with Crippen LogP contribution in [0.2, 0.25) is 0 Å². The third kappa shape index (κ3) is 7.36. The predicted molar refractivity (Wildman–Crippen MR) is 125 cm³/mol. The van der Waals surface area contributed by atoms with Crippen LogP contribution in [0.15, 0.2) is 34.2 Å². The van der Waals surface area contributed by atoms with E-state index in [-0.39, 0.29) is 24.0 Å². The summed E-state index contributed by atoms with van der Waals surface area (Å²) in [6.45, 7) is 5.44. The first-order valence-corrected chi connectivity index (χ1v) is 10.7. The fourth-order valence-corrected chi connectivity index (χ4v) is 4.53. The highest BCUT2D eigenvalue weighted by molar-refractivity contribution is 14.0. The zero-order valence-electron chi connectivity index (χ0n) is 16.3. The number of morpholine rings is 1. The molecule has 2 heterocycles. The van der Waals surface area contributed by atoms with Crippen LogP contribution in [0.1, 0.15) is 43.0 Å². The minimum Gasteiger partial charge on any atom is -0.379 e. The van der Waals surface area contributed by atoms with Crippen molar-refractivity contribution in [2.45, 2.75) is 38.1 Å². The third-order valence-corrected chi connectivity index (χ3v) is 6.14. The van der Waals surface area contributed by atoms with Crippen LogP contribution in [0.5, 0.6) is 0 Å². The Morgan fingerprint density at radius 1 is 1.30 bits per heavy atom. The number of hydrogen-bond donors (Lipinski definition) is 2. The van der Waals surface area contributed by atoms with Crippen LogP contribution in [-0.4, -0.2) is 57.3 Å². The lowest BCUT2D eigenvalue weighted by Crippen LogP contribution is -2.46. The van der Waals surface area contributed by atoms with Crippen LogP contribution in [0.3, 0.4) is 0 Å². The number of guanidine groups is 1. The number of rotatable bonds is 7. The second-order valence-electron chi connectivity index (χ2n) is 6.92. The van der Waals surface area contributed by atoms with E-state index in [1.165, 1.54) is 30.6 Å². The molecule has 0 amide bonds. The molecule has 1 atom stereocenters. The SMILES string of the molecule is CN=C(NCCC1=CCCCC1)NCC(c1cccs1)N1CCOCC1.I. The van der Waals surface area contributed by atoms with E-state index < -0.39 is 0 Å². The summed E-state index contributed by atoms with van der Waals surface area (Å²) in [5.41, 5.74) is 1.60. The summed E-state index contributed by atoms with van der Waals surface area (Å²) in [5.74, 6) is 0.899. The van der Waals surface area contributed by atoms with E-state index in [1.807, 2.05) is 18.4 Å².